The van der Waals surface area contributed by atoms with Crippen molar-refractivity contribution in [3.63, 3.8) is 0 Å². The second-order valence-corrected chi connectivity index (χ2v) is 7.47. The number of phosphoric acid groups is 1. The zero-order valence-electron chi connectivity index (χ0n) is 13.8. The quantitative estimate of drug-likeness (QED) is 0.182. The summed E-state index contributed by atoms with van der Waals surface area (Å²) in [5.74, 6) is -2.66. The van der Waals surface area contributed by atoms with Crippen LogP contribution in [0.25, 0.3) is 0 Å². The number of ether oxygens (including phenoxy) is 3. The molecule has 2 fully saturated rings. The molecule has 0 spiro atoms. The van der Waals surface area contributed by atoms with Crippen LogP contribution in [0.4, 0.5) is 0 Å². The Kier molecular flexibility index (Phi) is 7.33. The van der Waals surface area contributed by atoms with Gasteiger partial charge in [0.15, 0.2) is 6.29 Å². The predicted molar refractivity (Wildman–Crippen MR) is 79.6 cm³/mol. The smallest absolute Gasteiger partial charge is 0.394 e. The second kappa shape index (κ2) is 8.61. The van der Waals surface area contributed by atoms with Crippen LogP contribution in [0, 0.1) is 0 Å². The van der Waals surface area contributed by atoms with Gasteiger partial charge in [0, 0.05) is 0 Å². The maximum atomic E-state index is 10.7. The summed E-state index contributed by atoms with van der Waals surface area (Å²) in [6, 6.07) is 0. The highest BCUT2D eigenvalue weighted by Gasteiger charge is 2.52. The highest BCUT2D eigenvalue weighted by Crippen LogP contribution is 2.38. The highest BCUT2D eigenvalue weighted by molar-refractivity contribution is 7.46. The third-order valence-corrected chi connectivity index (χ3v) is 4.73. The summed E-state index contributed by atoms with van der Waals surface area (Å²) >= 11 is 0. The van der Waals surface area contributed by atoms with Gasteiger partial charge in [0.1, 0.15) is 49.3 Å². The molecule has 2 aliphatic heterocycles. The number of hydrogen-bond acceptors (Lipinski definition) is 12. The first kappa shape index (κ1) is 23.0. The largest absolute Gasteiger partial charge is 0.469 e. The van der Waals surface area contributed by atoms with Gasteiger partial charge >= 0.3 is 7.82 Å². The first-order valence-corrected chi connectivity index (χ1v) is 9.31. The van der Waals surface area contributed by atoms with E-state index in [0.29, 0.717) is 0 Å². The molecular weight excluding hydrogens is 399 g/mol. The van der Waals surface area contributed by atoms with E-state index < -0.39 is 82.4 Å². The van der Waals surface area contributed by atoms with Crippen molar-refractivity contribution in [1.29, 1.82) is 0 Å². The molecule has 9 atom stereocenters. The lowest BCUT2D eigenvalue weighted by Gasteiger charge is -2.45. The van der Waals surface area contributed by atoms with Crippen molar-refractivity contribution in [3.05, 3.63) is 0 Å². The maximum absolute atomic E-state index is 10.7. The van der Waals surface area contributed by atoms with E-state index >= 15 is 0 Å². The van der Waals surface area contributed by atoms with Crippen LogP contribution in [0.3, 0.4) is 0 Å². The molecule has 9 N–H and O–H groups in total. The summed E-state index contributed by atoms with van der Waals surface area (Å²) < 4.78 is 30.0. The number of rotatable bonds is 6. The molecular formula is C12H23O14P. The van der Waals surface area contributed by atoms with E-state index in [9.17, 15) is 35.2 Å². The standard InChI is InChI=1S/C12H23O14P/c13-1-4-6(14)8(16)9(17)11(25-4)26-5-2-23-12(19,10(18)7(5)15)3-24-27(20,21)22/h4-11,13-19H,1-3H2,(H2,20,21,22)/t4-,5?,6-,7+,8+,9-,10-,11+,12?/m1/s1. The Bertz CT molecular complexity index is 540. The van der Waals surface area contributed by atoms with Crippen molar-refractivity contribution in [2.45, 2.75) is 54.8 Å². The molecule has 2 aliphatic rings. The number of hydrogen-bond donors (Lipinski definition) is 9. The van der Waals surface area contributed by atoms with E-state index in [1.807, 2.05) is 0 Å². The van der Waals surface area contributed by atoms with Crippen molar-refractivity contribution in [1.82, 2.24) is 0 Å². The van der Waals surface area contributed by atoms with Crippen LogP contribution in [0.1, 0.15) is 0 Å². The molecule has 2 rings (SSSR count). The van der Waals surface area contributed by atoms with Gasteiger partial charge in [-0.3, -0.25) is 4.52 Å². The highest BCUT2D eigenvalue weighted by atomic mass is 31.2. The second-order valence-electron chi connectivity index (χ2n) is 6.23. The van der Waals surface area contributed by atoms with Crippen LogP contribution in [0.5, 0.6) is 0 Å². The summed E-state index contributed by atoms with van der Waals surface area (Å²) in [5.41, 5.74) is 0. The minimum absolute atomic E-state index is 0.631. The Morgan fingerprint density at radius 1 is 1.04 bits per heavy atom. The summed E-state index contributed by atoms with van der Waals surface area (Å²) in [5, 5.41) is 68.6. The van der Waals surface area contributed by atoms with E-state index in [4.69, 9.17) is 29.1 Å². The number of phosphoric ester groups is 1. The van der Waals surface area contributed by atoms with Gasteiger partial charge in [0.2, 0.25) is 5.79 Å². The molecule has 0 aliphatic carbocycles. The molecule has 0 aromatic rings. The molecule has 0 radical (unpaired) electrons. The minimum atomic E-state index is -4.99. The molecule has 2 unspecified atom stereocenters. The molecule has 0 amide bonds. The van der Waals surface area contributed by atoms with Crippen molar-refractivity contribution in [2.75, 3.05) is 19.8 Å². The fourth-order valence-electron chi connectivity index (χ4n) is 2.66. The molecule has 2 heterocycles. The van der Waals surface area contributed by atoms with Gasteiger partial charge in [-0.25, -0.2) is 4.57 Å². The van der Waals surface area contributed by atoms with Crippen molar-refractivity contribution < 1.29 is 68.8 Å². The van der Waals surface area contributed by atoms with Gasteiger partial charge in [-0.1, -0.05) is 0 Å². The van der Waals surface area contributed by atoms with Gasteiger partial charge in [-0.15, -0.1) is 0 Å². The summed E-state index contributed by atoms with van der Waals surface area (Å²) in [4.78, 5) is 17.3. The fourth-order valence-corrected chi connectivity index (χ4v) is 3.01. The van der Waals surface area contributed by atoms with Gasteiger partial charge in [-0.2, -0.15) is 0 Å². The lowest BCUT2D eigenvalue weighted by Crippen LogP contribution is -2.65. The molecule has 27 heavy (non-hydrogen) atoms. The molecule has 15 heteroatoms. The average molecular weight is 422 g/mol. The summed E-state index contributed by atoms with van der Waals surface area (Å²) in [6.45, 7) is -2.51. The van der Waals surface area contributed by atoms with Crippen molar-refractivity contribution in [3.8, 4) is 0 Å². The molecule has 160 valence electrons. The van der Waals surface area contributed by atoms with Gasteiger partial charge in [0.25, 0.3) is 0 Å². The van der Waals surface area contributed by atoms with E-state index in [1.54, 1.807) is 0 Å². The van der Waals surface area contributed by atoms with Crippen LogP contribution in [0.15, 0.2) is 0 Å². The summed E-state index contributed by atoms with van der Waals surface area (Å²) in [7, 11) is -4.99. The first-order valence-electron chi connectivity index (χ1n) is 7.78. The van der Waals surface area contributed by atoms with E-state index in [-0.39, 0.29) is 0 Å². The monoisotopic (exact) mass is 422 g/mol. The maximum Gasteiger partial charge on any atom is 0.469 e. The van der Waals surface area contributed by atoms with Crippen molar-refractivity contribution >= 4 is 7.82 Å². The Hall–Kier alpha value is -0.290. The lowest BCUT2D eigenvalue weighted by atomic mass is 9.96. The Balaban J connectivity index is 2.02. The van der Waals surface area contributed by atoms with E-state index in [2.05, 4.69) is 4.52 Å². The zero-order valence-corrected chi connectivity index (χ0v) is 14.6. The normalized spacial score (nSPS) is 46.4. The molecule has 0 aromatic heterocycles. The fraction of sp³-hybridized carbons (Fsp3) is 1.00. The minimum Gasteiger partial charge on any atom is -0.394 e. The number of aliphatic hydroxyl groups is 7. The van der Waals surface area contributed by atoms with Crippen LogP contribution >= 0.6 is 7.82 Å². The van der Waals surface area contributed by atoms with Crippen LogP contribution in [-0.4, -0.2) is 120 Å². The van der Waals surface area contributed by atoms with Crippen LogP contribution in [-0.2, 0) is 23.3 Å². The Morgan fingerprint density at radius 3 is 2.22 bits per heavy atom. The van der Waals surface area contributed by atoms with Gasteiger partial charge < -0.3 is 59.7 Å². The van der Waals surface area contributed by atoms with E-state index in [1.165, 1.54) is 0 Å². The SMILES string of the molecule is O=P(O)(O)OCC1(O)OCC(O[C@@H]2O[C@H](CO)[C@@H](O)[C@H](O)[C@H]2O)[C@H](O)[C@H]1O. The van der Waals surface area contributed by atoms with E-state index in [0.717, 1.165) is 0 Å². The predicted octanol–water partition coefficient (Wildman–Crippen LogP) is -5.28. The zero-order chi connectivity index (χ0) is 20.6. The summed E-state index contributed by atoms with van der Waals surface area (Å²) in [6.07, 6.45) is -13.5. The Labute approximate surface area is 152 Å². The topological polar surface area (TPSA) is 236 Å². The van der Waals surface area contributed by atoms with Crippen molar-refractivity contribution in [2.24, 2.45) is 0 Å². The molecule has 0 aromatic carbocycles. The number of aliphatic hydroxyl groups excluding tert-OH is 6. The van der Waals surface area contributed by atoms with Gasteiger partial charge in [-0.05, 0) is 0 Å². The third kappa shape index (κ3) is 5.20. The lowest BCUT2D eigenvalue weighted by molar-refractivity contribution is -0.366. The van der Waals surface area contributed by atoms with Gasteiger partial charge in [0.05, 0.1) is 13.2 Å². The van der Waals surface area contributed by atoms with Crippen LogP contribution in [0.2, 0.25) is 0 Å². The molecule has 14 nitrogen and oxygen atoms in total. The Morgan fingerprint density at radius 2 is 1.67 bits per heavy atom. The molecule has 2 saturated heterocycles. The average Bonchev–Trinajstić information content (AvgIpc) is 2.60. The van der Waals surface area contributed by atoms with Crippen LogP contribution < -0.4 is 0 Å². The molecule has 0 saturated carbocycles. The molecule has 0 bridgehead atoms. The first-order chi connectivity index (χ1) is 12.4. The third-order valence-electron chi connectivity index (χ3n) is 4.26.